The molecule has 2 aromatic rings. The SMILES string of the molecule is Cc1cnccc1C(=O)N1CCc2nc([C@@H]3CCCN3C(=O)C3CCCCC3)[nH]c(=O)c2C1. The van der Waals surface area contributed by atoms with Crippen LogP contribution in [-0.4, -0.2) is 49.7 Å². The van der Waals surface area contributed by atoms with Crippen LogP contribution in [0.3, 0.4) is 0 Å². The molecule has 1 atom stereocenters. The molecule has 2 aromatic heterocycles. The fraction of sp³-hybridized carbons (Fsp3) is 0.560. The zero-order valence-electron chi connectivity index (χ0n) is 19.2. The zero-order chi connectivity index (χ0) is 22.9. The molecule has 1 saturated carbocycles. The lowest BCUT2D eigenvalue weighted by atomic mass is 9.88. The third-order valence-electron chi connectivity index (χ3n) is 7.43. The van der Waals surface area contributed by atoms with Crippen LogP contribution >= 0.6 is 0 Å². The Kier molecular flexibility index (Phi) is 6.00. The Morgan fingerprint density at radius 3 is 2.70 bits per heavy atom. The maximum absolute atomic E-state index is 13.2. The molecule has 3 aliphatic rings. The highest BCUT2D eigenvalue weighted by Gasteiger charge is 2.36. The van der Waals surface area contributed by atoms with Gasteiger partial charge < -0.3 is 14.8 Å². The number of carbonyl (C=O) groups is 2. The van der Waals surface area contributed by atoms with Gasteiger partial charge in [-0.1, -0.05) is 19.3 Å². The summed E-state index contributed by atoms with van der Waals surface area (Å²) in [7, 11) is 0. The molecule has 2 aliphatic heterocycles. The van der Waals surface area contributed by atoms with E-state index in [-0.39, 0.29) is 35.9 Å². The molecule has 5 rings (SSSR count). The van der Waals surface area contributed by atoms with E-state index in [0.717, 1.165) is 56.3 Å². The number of carbonyl (C=O) groups excluding carboxylic acids is 2. The molecule has 0 aromatic carbocycles. The third-order valence-corrected chi connectivity index (χ3v) is 7.43. The molecule has 0 unspecified atom stereocenters. The van der Waals surface area contributed by atoms with Crippen molar-refractivity contribution in [3.8, 4) is 0 Å². The normalized spacial score (nSPS) is 21.2. The second-order valence-electron chi connectivity index (χ2n) is 9.57. The van der Waals surface area contributed by atoms with E-state index >= 15 is 0 Å². The number of pyridine rings is 1. The highest BCUT2D eigenvalue weighted by Crippen LogP contribution is 2.34. The van der Waals surface area contributed by atoms with Gasteiger partial charge in [0, 0.05) is 43.4 Å². The molecule has 0 radical (unpaired) electrons. The first-order valence-corrected chi connectivity index (χ1v) is 12.1. The molecule has 0 bridgehead atoms. The predicted molar refractivity (Wildman–Crippen MR) is 123 cm³/mol. The van der Waals surface area contributed by atoms with Gasteiger partial charge in [-0.15, -0.1) is 0 Å². The molecule has 8 heteroatoms. The number of H-pyrrole nitrogens is 1. The Balaban J connectivity index is 1.36. The molecule has 8 nitrogen and oxygen atoms in total. The summed E-state index contributed by atoms with van der Waals surface area (Å²) in [6.45, 7) is 3.35. The summed E-state index contributed by atoms with van der Waals surface area (Å²) in [5, 5.41) is 0. The summed E-state index contributed by atoms with van der Waals surface area (Å²) in [5.41, 5.74) is 2.53. The average molecular weight is 450 g/mol. The Labute approximate surface area is 193 Å². The van der Waals surface area contributed by atoms with Crippen LogP contribution in [0.15, 0.2) is 23.3 Å². The van der Waals surface area contributed by atoms with Gasteiger partial charge in [0.25, 0.3) is 11.5 Å². The van der Waals surface area contributed by atoms with Gasteiger partial charge in [0.15, 0.2) is 0 Å². The number of aryl methyl sites for hydroxylation is 1. The van der Waals surface area contributed by atoms with Crippen LogP contribution in [0.5, 0.6) is 0 Å². The number of amides is 2. The van der Waals surface area contributed by atoms with E-state index in [9.17, 15) is 14.4 Å². The first-order chi connectivity index (χ1) is 16.0. The van der Waals surface area contributed by atoms with E-state index < -0.39 is 0 Å². The number of aromatic amines is 1. The molecule has 2 amide bonds. The second kappa shape index (κ2) is 9.08. The van der Waals surface area contributed by atoms with E-state index in [1.54, 1.807) is 23.4 Å². The summed E-state index contributed by atoms with van der Waals surface area (Å²) in [4.78, 5) is 54.7. The van der Waals surface area contributed by atoms with Crippen LogP contribution in [0, 0.1) is 12.8 Å². The number of aromatic nitrogens is 3. The van der Waals surface area contributed by atoms with Crippen molar-refractivity contribution in [2.75, 3.05) is 13.1 Å². The van der Waals surface area contributed by atoms with Gasteiger partial charge in [0.2, 0.25) is 5.91 Å². The molecule has 4 heterocycles. The lowest BCUT2D eigenvalue weighted by molar-refractivity contribution is -0.137. The second-order valence-corrected chi connectivity index (χ2v) is 9.57. The Morgan fingerprint density at radius 1 is 1.09 bits per heavy atom. The number of nitrogens with one attached hydrogen (secondary N) is 1. The van der Waals surface area contributed by atoms with Crippen LogP contribution in [-0.2, 0) is 17.8 Å². The van der Waals surface area contributed by atoms with E-state index in [4.69, 9.17) is 4.98 Å². The first-order valence-electron chi connectivity index (χ1n) is 12.1. The first kappa shape index (κ1) is 21.8. The summed E-state index contributed by atoms with van der Waals surface area (Å²) in [6, 6.07) is 1.56. The molecule has 33 heavy (non-hydrogen) atoms. The van der Waals surface area contributed by atoms with Crippen molar-refractivity contribution in [2.45, 2.75) is 70.9 Å². The Bertz CT molecular complexity index is 1120. The summed E-state index contributed by atoms with van der Waals surface area (Å²) >= 11 is 0. The molecule has 1 N–H and O–H groups in total. The smallest absolute Gasteiger partial charge is 0.256 e. The molecule has 2 fully saturated rings. The van der Waals surface area contributed by atoms with Crippen LogP contribution in [0.4, 0.5) is 0 Å². The molecule has 174 valence electrons. The van der Waals surface area contributed by atoms with Crippen molar-refractivity contribution in [3.63, 3.8) is 0 Å². The van der Waals surface area contributed by atoms with E-state index in [1.165, 1.54) is 6.42 Å². The maximum atomic E-state index is 13.2. The van der Waals surface area contributed by atoms with Crippen molar-refractivity contribution in [1.82, 2.24) is 24.8 Å². The van der Waals surface area contributed by atoms with Crippen molar-refractivity contribution in [3.05, 3.63) is 57.0 Å². The van der Waals surface area contributed by atoms with Gasteiger partial charge in [-0.2, -0.15) is 0 Å². The lowest BCUT2D eigenvalue weighted by Gasteiger charge is -2.31. The monoisotopic (exact) mass is 449 g/mol. The van der Waals surface area contributed by atoms with Crippen molar-refractivity contribution in [2.24, 2.45) is 5.92 Å². The quantitative estimate of drug-likeness (QED) is 0.777. The molecular weight excluding hydrogens is 418 g/mol. The van der Waals surface area contributed by atoms with Gasteiger partial charge in [0.05, 0.1) is 23.8 Å². The number of hydrogen-bond donors (Lipinski definition) is 1. The molecular formula is C25H31N5O3. The predicted octanol–water partition coefficient (Wildman–Crippen LogP) is 2.92. The topological polar surface area (TPSA) is 99.3 Å². The maximum Gasteiger partial charge on any atom is 0.256 e. The number of likely N-dealkylation sites (tertiary alicyclic amines) is 1. The number of rotatable bonds is 3. The third kappa shape index (κ3) is 4.18. The molecule has 0 spiro atoms. The lowest BCUT2D eigenvalue weighted by Crippen LogP contribution is -2.41. The van der Waals surface area contributed by atoms with E-state index in [2.05, 4.69) is 9.97 Å². The van der Waals surface area contributed by atoms with Crippen LogP contribution in [0.1, 0.15) is 84.0 Å². The summed E-state index contributed by atoms with van der Waals surface area (Å²) in [6.07, 6.45) is 11.0. The van der Waals surface area contributed by atoms with Crippen molar-refractivity contribution < 1.29 is 9.59 Å². The minimum absolute atomic E-state index is 0.0935. The highest BCUT2D eigenvalue weighted by atomic mass is 16.2. The van der Waals surface area contributed by atoms with Crippen molar-refractivity contribution in [1.29, 1.82) is 0 Å². The van der Waals surface area contributed by atoms with Gasteiger partial charge in [0.1, 0.15) is 5.82 Å². The summed E-state index contributed by atoms with van der Waals surface area (Å²) in [5.74, 6) is 0.844. The van der Waals surface area contributed by atoms with Gasteiger partial charge >= 0.3 is 0 Å². The van der Waals surface area contributed by atoms with Crippen LogP contribution in [0.25, 0.3) is 0 Å². The van der Waals surface area contributed by atoms with Gasteiger partial charge in [-0.25, -0.2) is 4.98 Å². The van der Waals surface area contributed by atoms with Gasteiger partial charge in [-0.05, 0) is 44.2 Å². The fourth-order valence-corrected chi connectivity index (χ4v) is 5.56. The van der Waals surface area contributed by atoms with Crippen molar-refractivity contribution >= 4 is 11.8 Å². The Hall–Kier alpha value is -3.03. The minimum atomic E-state index is -0.198. The van der Waals surface area contributed by atoms with Crippen LogP contribution < -0.4 is 5.56 Å². The van der Waals surface area contributed by atoms with E-state index in [0.29, 0.717) is 29.9 Å². The van der Waals surface area contributed by atoms with Gasteiger partial charge in [-0.3, -0.25) is 19.4 Å². The minimum Gasteiger partial charge on any atom is -0.334 e. The summed E-state index contributed by atoms with van der Waals surface area (Å²) < 4.78 is 0. The highest BCUT2D eigenvalue weighted by molar-refractivity contribution is 5.95. The van der Waals surface area contributed by atoms with E-state index in [1.807, 2.05) is 11.8 Å². The van der Waals surface area contributed by atoms with Crippen LogP contribution in [0.2, 0.25) is 0 Å². The average Bonchev–Trinajstić information content (AvgIpc) is 3.34. The largest absolute Gasteiger partial charge is 0.334 e. The number of hydrogen-bond acceptors (Lipinski definition) is 5. The zero-order valence-corrected chi connectivity index (χ0v) is 19.2. The number of fused-ring (bicyclic) bond motifs is 1. The molecule has 1 aliphatic carbocycles. The Morgan fingerprint density at radius 2 is 1.91 bits per heavy atom. The fourth-order valence-electron chi connectivity index (χ4n) is 5.56. The number of nitrogens with zero attached hydrogens (tertiary/aromatic N) is 4. The molecule has 1 saturated heterocycles. The standard InChI is InChI=1S/C25H31N5O3/c1-16-14-26-11-9-18(16)25(33)29-13-10-20-19(15-29)23(31)28-22(27-20)21-8-5-12-30(21)24(32)17-6-3-2-4-7-17/h9,11,14,17,21H,2-8,10,12-13,15H2,1H3,(H,27,28,31)/t21-/m0/s1.